The molecule has 2 heterocycles. The van der Waals surface area contributed by atoms with Crippen LogP contribution in [0.4, 0.5) is 0 Å². The summed E-state index contributed by atoms with van der Waals surface area (Å²) in [4.78, 5) is 0. The minimum absolute atomic E-state index is 0.0572. The Hall–Kier alpha value is -0.660. The van der Waals surface area contributed by atoms with Gasteiger partial charge in [0.2, 0.25) is 10.0 Å². The second-order valence-electron chi connectivity index (χ2n) is 5.08. The predicted octanol–water partition coefficient (Wildman–Crippen LogP) is 0.861. The number of sulfonamides is 1. The second kappa shape index (κ2) is 5.76. The van der Waals surface area contributed by atoms with Crippen molar-refractivity contribution in [2.24, 2.45) is 5.92 Å². The molecule has 2 rings (SSSR count). The van der Waals surface area contributed by atoms with Gasteiger partial charge in [-0.1, -0.05) is 6.92 Å². The van der Waals surface area contributed by atoms with Crippen molar-refractivity contribution in [3.63, 3.8) is 0 Å². The Morgan fingerprint density at radius 3 is 2.89 bits per heavy atom. The molecule has 1 aromatic rings. The number of hydrogen-bond acceptors (Lipinski definition) is 4. The Balaban J connectivity index is 2.06. The van der Waals surface area contributed by atoms with Gasteiger partial charge in [0, 0.05) is 25.9 Å². The smallest absolute Gasteiger partial charge is 0.214 e. The average Bonchev–Trinajstić information content (AvgIpc) is 2.93. The average molecular weight is 307 g/mol. The van der Waals surface area contributed by atoms with Crippen LogP contribution in [0.5, 0.6) is 0 Å². The summed E-state index contributed by atoms with van der Waals surface area (Å²) in [5, 5.41) is 8.15. The quantitative estimate of drug-likeness (QED) is 0.731. The summed E-state index contributed by atoms with van der Waals surface area (Å²) in [6.07, 6.45) is 1.98. The summed E-state index contributed by atoms with van der Waals surface area (Å²) in [5.74, 6) is 2.02. The van der Waals surface area contributed by atoms with Crippen LogP contribution in [-0.4, -0.2) is 46.2 Å². The summed E-state index contributed by atoms with van der Waals surface area (Å²) in [5.41, 5.74) is 0. The third-order valence-corrected chi connectivity index (χ3v) is 5.88. The van der Waals surface area contributed by atoms with Gasteiger partial charge in [-0.3, -0.25) is 0 Å². The number of hydrogen-bond donors (Lipinski definition) is 0. The first kappa shape index (κ1) is 14.7. The van der Waals surface area contributed by atoms with Gasteiger partial charge in [0.15, 0.2) is 0 Å². The highest BCUT2D eigenvalue weighted by Crippen LogP contribution is 2.16. The van der Waals surface area contributed by atoms with E-state index in [2.05, 4.69) is 10.2 Å². The molecule has 0 amide bonds. The molecule has 1 unspecified atom stereocenters. The Bertz CT molecular complexity index is 543. The van der Waals surface area contributed by atoms with Crippen molar-refractivity contribution >= 4 is 21.6 Å². The lowest BCUT2D eigenvalue weighted by Crippen LogP contribution is -2.32. The largest absolute Gasteiger partial charge is 0.314 e. The lowest BCUT2D eigenvalue weighted by atomic mass is 10.3. The molecule has 0 N–H and O–H groups in total. The van der Waals surface area contributed by atoms with Crippen LogP contribution in [-0.2, 0) is 29.5 Å². The first-order valence-corrected chi connectivity index (χ1v) is 8.49. The van der Waals surface area contributed by atoms with Crippen LogP contribution >= 0.6 is 11.6 Å². The van der Waals surface area contributed by atoms with Gasteiger partial charge in [0.1, 0.15) is 11.6 Å². The molecule has 1 atom stereocenters. The third kappa shape index (κ3) is 3.27. The second-order valence-corrected chi connectivity index (χ2v) is 7.51. The molecule has 1 aliphatic rings. The van der Waals surface area contributed by atoms with Crippen molar-refractivity contribution in [1.82, 2.24) is 19.1 Å². The molecule has 1 aliphatic heterocycles. The Morgan fingerprint density at radius 2 is 2.21 bits per heavy atom. The van der Waals surface area contributed by atoms with Crippen molar-refractivity contribution in [2.45, 2.75) is 32.9 Å². The molecular formula is C11H19ClN4O2S. The van der Waals surface area contributed by atoms with Gasteiger partial charge in [0.25, 0.3) is 0 Å². The SMILES string of the molecule is CC(CCl)CS(=O)(=O)N(C)Cc1nnc2n1CCC2. The molecular weight excluding hydrogens is 288 g/mol. The number of rotatable bonds is 6. The van der Waals surface area contributed by atoms with Crippen LogP contribution in [0, 0.1) is 5.92 Å². The zero-order valence-corrected chi connectivity index (χ0v) is 12.8. The molecule has 6 nitrogen and oxygen atoms in total. The van der Waals surface area contributed by atoms with Crippen LogP contribution in [0.1, 0.15) is 25.0 Å². The third-order valence-electron chi connectivity index (χ3n) is 3.28. The Morgan fingerprint density at radius 1 is 1.47 bits per heavy atom. The molecule has 0 spiro atoms. The van der Waals surface area contributed by atoms with Crippen molar-refractivity contribution in [2.75, 3.05) is 18.7 Å². The number of aryl methyl sites for hydroxylation is 1. The lowest BCUT2D eigenvalue weighted by molar-refractivity contribution is 0.441. The van der Waals surface area contributed by atoms with E-state index in [1.165, 1.54) is 4.31 Å². The highest BCUT2D eigenvalue weighted by molar-refractivity contribution is 7.89. The number of aromatic nitrogens is 3. The molecule has 0 aliphatic carbocycles. The summed E-state index contributed by atoms with van der Waals surface area (Å²) in [7, 11) is -1.72. The maximum atomic E-state index is 12.1. The van der Waals surface area contributed by atoms with E-state index in [4.69, 9.17) is 11.6 Å². The predicted molar refractivity (Wildman–Crippen MR) is 73.5 cm³/mol. The van der Waals surface area contributed by atoms with Crippen LogP contribution in [0.25, 0.3) is 0 Å². The van der Waals surface area contributed by atoms with E-state index in [9.17, 15) is 8.42 Å². The van der Waals surface area contributed by atoms with Crippen molar-refractivity contribution in [3.05, 3.63) is 11.6 Å². The Labute approximate surface area is 118 Å². The maximum absolute atomic E-state index is 12.1. The van der Waals surface area contributed by atoms with Crippen LogP contribution in [0.3, 0.4) is 0 Å². The molecule has 19 heavy (non-hydrogen) atoms. The molecule has 0 fully saturated rings. The van der Waals surface area contributed by atoms with Crippen LogP contribution in [0.2, 0.25) is 0 Å². The van der Waals surface area contributed by atoms with E-state index in [0.29, 0.717) is 5.88 Å². The number of alkyl halides is 1. The standard InChI is InChI=1S/C11H19ClN4O2S/c1-9(6-12)8-19(17,18)15(2)7-11-14-13-10-4-3-5-16(10)11/h9H,3-8H2,1-2H3. The number of halogens is 1. The topological polar surface area (TPSA) is 68.1 Å². The van der Waals surface area contributed by atoms with Crippen molar-refractivity contribution in [3.8, 4) is 0 Å². The number of nitrogens with zero attached hydrogens (tertiary/aromatic N) is 4. The molecule has 0 saturated carbocycles. The van der Waals surface area contributed by atoms with Crippen LogP contribution < -0.4 is 0 Å². The zero-order valence-electron chi connectivity index (χ0n) is 11.2. The fourth-order valence-corrected chi connectivity index (χ4v) is 3.80. The minimum Gasteiger partial charge on any atom is -0.314 e. The van der Waals surface area contributed by atoms with E-state index in [-0.39, 0.29) is 18.2 Å². The van der Waals surface area contributed by atoms with Gasteiger partial charge in [-0.05, 0) is 12.3 Å². The normalized spacial score (nSPS) is 16.8. The van der Waals surface area contributed by atoms with E-state index in [1.54, 1.807) is 7.05 Å². The fourth-order valence-electron chi connectivity index (χ4n) is 2.16. The van der Waals surface area contributed by atoms with Crippen LogP contribution in [0.15, 0.2) is 0 Å². The van der Waals surface area contributed by atoms with E-state index >= 15 is 0 Å². The van der Waals surface area contributed by atoms with Crippen molar-refractivity contribution < 1.29 is 8.42 Å². The number of fused-ring (bicyclic) bond motifs is 1. The Kier molecular flexibility index (Phi) is 4.47. The highest BCUT2D eigenvalue weighted by atomic mass is 35.5. The van der Waals surface area contributed by atoms with Gasteiger partial charge < -0.3 is 4.57 Å². The molecule has 0 radical (unpaired) electrons. The summed E-state index contributed by atoms with van der Waals surface area (Å²) >= 11 is 5.67. The van der Waals surface area contributed by atoms with E-state index in [0.717, 1.165) is 31.0 Å². The monoisotopic (exact) mass is 306 g/mol. The lowest BCUT2D eigenvalue weighted by Gasteiger charge is -2.18. The molecule has 1 aromatic heterocycles. The zero-order chi connectivity index (χ0) is 14.0. The minimum atomic E-state index is -3.30. The maximum Gasteiger partial charge on any atom is 0.214 e. The molecule has 8 heteroatoms. The molecule has 0 saturated heterocycles. The summed E-state index contributed by atoms with van der Waals surface area (Å²) in [6, 6.07) is 0. The molecule has 0 bridgehead atoms. The highest BCUT2D eigenvalue weighted by Gasteiger charge is 2.24. The summed E-state index contributed by atoms with van der Waals surface area (Å²) in [6.45, 7) is 2.97. The van der Waals surface area contributed by atoms with Gasteiger partial charge in [-0.15, -0.1) is 21.8 Å². The molecule has 0 aromatic carbocycles. The van der Waals surface area contributed by atoms with E-state index in [1.807, 2.05) is 11.5 Å². The fraction of sp³-hybridized carbons (Fsp3) is 0.818. The first-order chi connectivity index (χ1) is 8.94. The summed E-state index contributed by atoms with van der Waals surface area (Å²) < 4.78 is 27.6. The van der Waals surface area contributed by atoms with Gasteiger partial charge in [-0.25, -0.2) is 8.42 Å². The van der Waals surface area contributed by atoms with Gasteiger partial charge >= 0.3 is 0 Å². The van der Waals surface area contributed by atoms with Gasteiger partial charge in [-0.2, -0.15) is 4.31 Å². The van der Waals surface area contributed by atoms with Gasteiger partial charge in [0.05, 0.1) is 12.3 Å². The first-order valence-electron chi connectivity index (χ1n) is 6.35. The molecule has 108 valence electrons. The van der Waals surface area contributed by atoms with Crippen molar-refractivity contribution in [1.29, 1.82) is 0 Å². The van der Waals surface area contributed by atoms with E-state index < -0.39 is 10.0 Å².